The highest BCUT2D eigenvalue weighted by Gasteiger charge is 2.45. The van der Waals surface area contributed by atoms with Gasteiger partial charge in [-0.25, -0.2) is 0 Å². The standard InChI is InChI=1S/C12H16O7/c13-5-8-9(15)10(16)11(12(17)19-8)18-7-3-1-6(14)2-4-7/h1-4,8-17H,5H2/t8-,9+,10+,11-,12+/m1/s1. The number of aliphatic hydroxyl groups excluding tert-OH is 4. The second kappa shape index (κ2) is 5.72. The van der Waals surface area contributed by atoms with E-state index >= 15 is 0 Å². The number of ether oxygens (including phenoxy) is 2. The Bertz CT molecular complexity index is 407. The summed E-state index contributed by atoms with van der Waals surface area (Å²) in [7, 11) is 0. The summed E-state index contributed by atoms with van der Waals surface area (Å²) in [6, 6.07) is 5.65. The molecule has 1 aromatic rings. The zero-order valence-corrected chi connectivity index (χ0v) is 9.96. The Balaban J connectivity index is 2.09. The van der Waals surface area contributed by atoms with Crippen LogP contribution in [0.4, 0.5) is 0 Å². The van der Waals surface area contributed by atoms with Gasteiger partial charge in [0.05, 0.1) is 6.61 Å². The van der Waals surface area contributed by atoms with Gasteiger partial charge in [0.15, 0.2) is 12.4 Å². The van der Waals surface area contributed by atoms with Crippen LogP contribution in [-0.2, 0) is 4.74 Å². The lowest BCUT2D eigenvalue weighted by Crippen LogP contribution is -2.60. The van der Waals surface area contributed by atoms with Gasteiger partial charge in [-0.1, -0.05) is 0 Å². The van der Waals surface area contributed by atoms with E-state index in [1.165, 1.54) is 24.3 Å². The van der Waals surface area contributed by atoms with Crippen LogP contribution in [0.2, 0.25) is 0 Å². The summed E-state index contributed by atoms with van der Waals surface area (Å²) in [5, 5.41) is 47.3. The molecular formula is C12H16O7. The fraction of sp³-hybridized carbons (Fsp3) is 0.500. The zero-order chi connectivity index (χ0) is 14.0. The molecule has 19 heavy (non-hydrogen) atoms. The van der Waals surface area contributed by atoms with Gasteiger partial charge in [-0.05, 0) is 24.3 Å². The molecule has 0 aromatic heterocycles. The van der Waals surface area contributed by atoms with E-state index in [0.717, 1.165) is 0 Å². The highest BCUT2D eigenvalue weighted by atomic mass is 16.7. The smallest absolute Gasteiger partial charge is 0.195 e. The first-order chi connectivity index (χ1) is 9.02. The molecule has 0 spiro atoms. The van der Waals surface area contributed by atoms with E-state index in [0.29, 0.717) is 5.75 Å². The Labute approximate surface area is 109 Å². The molecule has 0 unspecified atom stereocenters. The van der Waals surface area contributed by atoms with Gasteiger partial charge in [0.2, 0.25) is 0 Å². The molecule has 0 aliphatic carbocycles. The predicted octanol–water partition coefficient (Wildman–Crippen LogP) is -1.43. The molecule has 2 rings (SSSR count). The molecule has 0 bridgehead atoms. The van der Waals surface area contributed by atoms with Crippen molar-refractivity contribution >= 4 is 0 Å². The molecule has 7 heteroatoms. The van der Waals surface area contributed by atoms with Crippen LogP contribution in [0.1, 0.15) is 0 Å². The third-order valence-corrected chi connectivity index (χ3v) is 2.95. The lowest BCUT2D eigenvalue weighted by atomic mass is 9.99. The zero-order valence-electron chi connectivity index (χ0n) is 9.96. The van der Waals surface area contributed by atoms with Gasteiger partial charge in [0.1, 0.15) is 29.8 Å². The van der Waals surface area contributed by atoms with E-state index < -0.39 is 37.3 Å². The van der Waals surface area contributed by atoms with Crippen molar-refractivity contribution in [2.24, 2.45) is 0 Å². The minimum atomic E-state index is -1.48. The maximum Gasteiger partial charge on any atom is 0.195 e. The van der Waals surface area contributed by atoms with Crippen LogP contribution >= 0.6 is 0 Å². The monoisotopic (exact) mass is 272 g/mol. The first kappa shape index (κ1) is 14.0. The van der Waals surface area contributed by atoms with Gasteiger partial charge in [-0.2, -0.15) is 0 Å². The molecule has 1 saturated heterocycles. The van der Waals surface area contributed by atoms with E-state index in [2.05, 4.69) is 0 Å². The molecule has 1 aromatic carbocycles. The maximum absolute atomic E-state index is 9.85. The Morgan fingerprint density at radius 1 is 1.05 bits per heavy atom. The maximum atomic E-state index is 9.85. The van der Waals surface area contributed by atoms with Gasteiger partial charge < -0.3 is 35.0 Å². The average molecular weight is 272 g/mol. The van der Waals surface area contributed by atoms with Crippen molar-refractivity contribution < 1.29 is 35.0 Å². The van der Waals surface area contributed by atoms with Crippen molar-refractivity contribution in [1.82, 2.24) is 0 Å². The van der Waals surface area contributed by atoms with Gasteiger partial charge in [-0.3, -0.25) is 0 Å². The number of aromatic hydroxyl groups is 1. The number of phenols is 1. The van der Waals surface area contributed by atoms with Crippen molar-refractivity contribution in [3.05, 3.63) is 24.3 Å². The van der Waals surface area contributed by atoms with E-state index in [9.17, 15) is 15.3 Å². The fourth-order valence-corrected chi connectivity index (χ4v) is 1.88. The van der Waals surface area contributed by atoms with Crippen molar-refractivity contribution in [1.29, 1.82) is 0 Å². The van der Waals surface area contributed by atoms with E-state index in [1.54, 1.807) is 0 Å². The summed E-state index contributed by atoms with van der Waals surface area (Å²) >= 11 is 0. The van der Waals surface area contributed by atoms with Crippen LogP contribution in [0.5, 0.6) is 11.5 Å². The number of rotatable bonds is 3. The normalized spacial score (nSPS) is 35.1. The van der Waals surface area contributed by atoms with Crippen LogP contribution < -0.4 is 4.74 Å². The average Bonchev–Trinajstić information content (AvgIpc) is 2.41. The molecule has 7 nitrogen and oxygen atoms in total. The molecule has 5 N–H and O–H groups in total. The molecule has 1 aliphatic rings. The molecule has 1 fully saturated rings. The summed E-state index contributed by atoms with van der Waals surface area (Å²) in [6.45, 7) is -0.527. The van der Waals surface area contributed by atoms with E-state index in [-0.39, 0.29) is 5.75 Å². The largest absolute Gasteiger partial charge is 0.508 e. The van der Waals surface area contributed by atoms with E-state index in [1.807, 2.05) is 0 Å². The molecular weight excluding hydrogens is 256 g/mol. The highest BCUT2D eigenvalue weighted by Crippen LogP contribution is 2.25. The molecule has 5 atom stereocenters. The summed E-state index contributed by atoms with van der Waals surface area (Å²) in [6.07, 6.45) is -6.51. The van der Waals surface area contributed by atoms with Gasteiger partial charge in [-0.15, -0.1) is 0 Å². The second-order valence-corrected chi connectivity index (χ2v) is 4.31. The Kier molecular flexibility index (Phi) is 4.23. The Morgan fingerprint density at radius 3 is 2.26 bits per heavy atom. The molecule has 0 saturated carbocycles. The number of hydrogen-bond acceptors (Lipinski definition) is 7. The van der Waals surface area contributed by atoms with Crippen LogP contribution in [-0.4, -0.2) is 62.8 Å². The number of hydrogen-bond donors (Lipinski definition) is 5. The summed E-state index contributed by atoms with van der Waals surface area (Å²) in [5.74, 6) is 0.341. The molecule has 0 radical (unpaired) electrons. The predicted molar refractivity (Wildman–Crippen MR) is 62.5 cm³/mol. The Hall–Kier alpha value is -1.38. The lowest BCUT2D eigenvalue weighted by Gasteiger charge is -2.39. The molecule has 106 valence electrons. The lowest BCUT2D eigenvalue weighted by molar-refractivity contribution is -0.280. The van der Waals surface area contributed by atoms with Gasteiger partial charge >= 0.3 is 0 Å². The number of benzene rings is 1. The van der Waals surface area contributed by atoms with E-state index in [4.69, 9.17) is 19.7 Å². The summed E-state index contributed by atoms with van der Waals surface area (Å²) in [4.78, 5) is 0. The fourth-order valence-electron chi connectivity index (χ4n) is 1.88. The summed E-state index contributed by atoms with van der Waals surface area (Å²) < 4.78 is 10.3. The van der Waals surface area contributed by atoms with Crippen LogP contribution in [0.3, 0.4) is 0 Å². The Morgan fingerprint density at radius 2 is 1.68 bits per heavy atom. The van der Waals surface area contributed by atoms with Crippen LogP contribution in [0, 0.1) is 0 Å². The minimum Gasteiger partial charge on any atom is -0.508 e. The van der Waals surface area contributed by atoms with Crippen molar-refractivity contribution in [2.75, 3.05) is 6.61 Å². The number of phenolic OH excluding ortho intramolecular Hbond substituents is 1. The third kappa shape index (κ3) is 2.96. The second-order valence-electron chi connectivity index (χ2n) is 4.31. The third-order valence-electron chi connectivity index (χ3n) is 2.95. The van der Waals surface area contributed by atoms with Crippen LogP contribution in [0.15, 0.2) is 24.3 Å². The first-order valence-electron chi connectivity index (χ1n) is 5.79. The minimum absolute atomic E-state index is 0.0497. The van der Waals surface area contributed by atoms with Crippen molar-refractivity contribution in [2.45, 2.75) is 30.7 Å². The molecule has 1 heterocycles. The number of aliphatic hydroxyl groups is 4. The van der Waals surface area contributed by atoms with Crippen molar-refractivity contribution in [3.8, 4) is 11.5 Å². The molecule has 1 aliphatic heterocycles. The SMILES string of the molecule is OC[C@H]1O[C@H](O)[C@H](Oc2ccc(O)cc2)[C@@H](O)[C@H]1O. The molecule has 0 amide bonds. The van der Waals surface area contributed by atoms with Crippen LogP contribution in [0.25, 0.3) is 0 Å². The highest BCUT2D eigenvalue weighted by molar-refractivity contribution is 5.30. The van der Waals surface area contributed by atoms with Gasteiger partial charge in [0, 0.05) is 0 Å². The quantitative estimate of drug-likeness (QED) is 0.457. The first-order valence-corrected chi connectivity index (χ1v) is 5.79. The van der Waals surface area contributed by atoms with Crippen molar-refractivity contribution in [3.63, 3.8) is 0 Å². The van der Waals surface area contributed by atoms with Gasteiger partial charge in [0.25, 0.3) is 0 Å². The topological polar surface area (TPSA) is 120 Å². The summed E-state index contributed by atoms with van der Waals surface area (Å²) in [5.41, 5.74) is 0.